The summed E-state index contributed by atoms with van der Waals surface area (Å²) in [5.41, 5.74) is 1.77. The monoisotopic (exact) mass is 458 g/mol. The van der Waals surface area contributed by atoms with Crippen LogP contribution in [0.2, 0.25) is 0 Å². The average Bonchev–Trinajstić information content (AvgIpc) is 2.59. The molecule has 132 valence electrons. The number of thioether (sulfide) groups is 1. The predicted octanol–water partition coefficient (Wildman–Crippen LogP) is 3.72. The summed E-state index contributed by atoms with van der Waals surface area (Å²) in [6.45, 7) is 10.2. The molecule has 1 aliphatic heterocycles. The van der Waals surface area contributed by atoms with E-state index in [4.69, 9.17) is 10.3 Å². The molecule has 4 nitrogen and oxygen atoms in total. The quantitative estimate of drug-likeness (QED) is 0.425. The summed E-state index contributed by atoms with van der Waals surface area (Å²) in [5.74, 6) is 2.82. The molecule has 24 heavy (non-hydrogen) atoms. The molecule has 0 saturated carbocycles. The Hall–Kier alpha value is -0.940. The van der Waals surface area contributed by atoms with Gasteiger partial charge in [0.15, 0.2) is 5.96 Å². The molecule has 0 aliphatic carbocycles. The van der Waals surface area contributed by atoms with Crippen molar-refractivity contribution in [3.05, 3.63) is 35.4 Å². The van der Waals surface area contributed by atoms with Gasteiger partial charge in [0.1, 0.15) is 0 Å². The van der Waals surface area contributed by atoms with Crippen molar-refractivity contribution in [2.45, 2.75) is 32.6 Å². The van der Waals surface area contributed by atoms with Gasteiger partial charge in [0.25, 0.3) is 0 Å². The molecule has 1 unspecified atom stereocenters. The van der Waals surface area contributed by atoms with Gasteiger partial charge in [-0.25, -0.2) is 4.99 Å². The maximum Gasteiger partial charge on any atom is 0.194 e. The first-order valence-electron chi connectivity index (χ1n) is 8.28. The van der Waals surface area contributed by atoms with E-state index in [0.717, 1.165) is 36.9 Å². The zero-order chi connectivity index (χ0) is 16.7. The molecule has 0 aromatic heterocycles. The van der Waals surface area contributed by atoms with Gasteiger partial charge in [0.2, 0.25) is 0 Å². The zero-order valence-electron chi connectivity index (χ0n) is 14.7. The fraction of sp³-hybridized carbons (Fsp3) is 0.556. The van der Waals surface area contributed by atoms with Gasteiger partial charge in [-0.15, -0.1) is 24.0 Å². The Balaban J connectivity index is 0.00000288. The summed E-state index contributed by atoms with van der Waals surface area (Å²) >= 11 is 2.07. The number of benzene rings is 1. The van der Waals surface area contributed by atoms with Crippen molar-refractivity contribution in [1.82, 2.24) is 10.2 Å². The fourth-order valence-electron chi connectivity index (χ4n) is 2.60. The van der Waals surface area contributed by atoms with E-state index in [9.17, 15) is 0 Å². The van der Waals surface area contributed by atoms with Gasteiger partial charge in [-0.1, -0.05) is 26.0 Å². The van der Waals surface area contributed by atoms with E-state index < -0.39 is 0 Å². The molecule has 0 bridgehead atoms. The summed E-state index contributed by atoms with van der Waals surface area (Å²) in [6.07, 6.45) is 0. The summed E-state index contributed by atoms with van der Waals surface area (Å²) in [5, 5.41) is 13.1. The highest BCUT2D eigenvalue weighted by Gasteiger charge is 2.24. The first kappa shape index (κ1) is 21.1. The van der Waals surface area contributed by atoms with E-state index in [0.29, 0.717) is 23.3 Å². The van der Waals surface area contributed by atoms with Crippen molar-refractivity contribution in [1.29, 1.82) is 5.26 Å². The van der Waals surface area contributed by atoms with E-state index in [2.05, 4.69) is 48.8 Å². The second-order valence-electron chi connectivity index (χ2n) is 6.08. The van der Waals surface area contributed by atoms with Crippen molar-refractivity contribution in [3.63, 3.8) is 0 Å². The second-order valence-corrected chi connectivity index (χ2v) is 7.43. The first-order valence-corrected chi connectivity index (χ1v) is 9.32. The van der Waals surface area contributed by atoms with Crippen LogP contribution in [-0.2, 0) is 6.54 Å². The number of nitriles is 1. The number of aliphatic imine (C=N–C) groups is 1. The van der Waals surface area contributed by atoms with Crippen LogP contribution < -0.4 is 5.32 Å². The van der Waals surface area contributed by atoms with Crippen molar-refractivity contribution in [2.24, 2.45) is 10.9 Å². The van der Waals surface area contributed by atoms with Crippen molar-refractivity contribution < 1.29 is 0 Å². The molecule has 2 rings (SSSR count). The molecule has 0 radical (unpaired) electrons. The number of rotatable bonds is 4. The minimum absolute atomic E-state index is 0. The first-order chi connectivity index (χ1) is 11.1. The van der Waals surface area contributed by atoms with E-state index in [-0.39, 0.29) is 24.0 Å². The van der Waals surface area contributed by atoms with E-state index in [1.165, 1.54) is 0 Å². The van der Waals surface area contributed by atoms with Gasteiger partial charge in [0, 0.05) is 30.6 Å². The fourth-order valence-corrected chi connectivity index (χ4v) is 3.90. The Morgan fingerprint density at radius 3 is 2.96 bits per heavy atom. The molecule has 1 aromatic rings. The Morgan fingerprint density at radius 2 is 2.29 bits per heavy atom. The summed E-state index contributed by atoms with van der Waals surface area (Å²) in [4.78, 5) is 7.16. The van der Waals surface area contributed by atoms with Gasteiger partial charge in [-0.3, -0.25) is 0 Å². The van der Waals surface area contributed by atoms with E-state index in [1.807, 2.05) is 24.3 Å². The van der Waals surface area contributed by atoms with Crippen LogP contribution in [-0.4, -0.2) is 41.5 Å². The van der Waals surface area contributed by atoms with E-state index >= 15 is 0 Å². The molecule has 1 aliphatic rings. The Kier molecular flexibility index (Phi) is 9.52. The van der Waals surface area contributed by atoms with Crippen LogP contribution in [0.15, 0.2) is 29.3 Å². The molecule has 6 heteroatoms. The van der Waals surface area contributed by atoms with E-state index in [1.54, 1.807) is 0 Å². The van der Waals surface area contributed by atoms with Gasteiger partial charge in [-0.05, 0) is 30.5 Å². The topological polar surface area (TPSA) is 51.4 Å². The van der Waals surface area contributed by atoms with Crippen LogP contribution in [0.25, 0.3) is 0 Å². The van der Waals surface area contributed by atoms with Crippen LogP contribution in [0.3, 0.4) is 0 Å². The highest BCUT2D eigenvalue weighted by Crippen LogP contribution is 2.25. The number of guanidine groups is 1. The van der Waals surface area contributed by atoms with Crippen LogP contribution in [0.5, 0.6) is 0 Å². The lowest BCUT2D eigenvalue weighted by Gasteiger charge is -2.36. The molecule has 1 saturated heterocycles. The number of nitrogens with zero attached hydrogens (tertiary/aromatic N) is 3. The number of hydrogen-bond acceptors (Lipinski definition) is 3. The molecule has 0 spiro atoms. The maximum atomic E-state index is 9.00. The van der Waals surface area contributed by atoms with Crippen LogP contribution in [0.4, 0.5) is 0 Å². The molecule has 1 atom stereocenters. The SMILES string of the molecule is CCNC(=NCc1cccc(C#N)c1)N1CCSC(C(C)C)C1.I. The summed E-state index contributed by atoms with van der Waals surface area (Å²) in [6, 6.07) is 9.87. The third-order valence-corrected chi connectivity index (χ3v) is 5.48. The lowest BCUT2D eigenvalue weighted by Crippen LogP contribution is -2.49. The molecule has 1 heterocycles. The van der Waals surface area contributed by atoms with Gasteiger partial charge in [-0.2, -0.15) is 17.0 Å². The smallest absolute Gasteiger partial charge is 0.194 e. The lowest BCUT2D eigenvalue weighted by molar-refractivity contribution is 0.381. The molecule has 1 fully saturated rings. The van der Waals surface area contributed by atoms with Crippen LogP contribution >= 0.6 is 35.7 Å². The number of hydrogen-bond donors (Lipinski definition) is 1. The van der Waals surface area contributed by atoms with Crippen LogP contribution in [0, 0.1) is 17.2 Å². The highest BCUT2D eigenvalue weighted by atomic mass is 127. The Morgan fingerprint density at radius 1 is 1.50 bits per heavy atom. The van der Waals surface area contributed by atoms with Gasteiger partial charge in [0.05, 0.1) is 18.2 Å². The predicted molar refractivity (Wildman–Crippen MR) is 114 cm³/mol. The molecular formula is C18H27IN4S. The molecule has 1 N–H and O–H groups in total. The van der Waals surface area contributed by atoms with Crippen molar-refractivity contribution in [2.75, 3.05) is 25.4 Å². The largest absolute Gasteiger partial charge is 0.357 e. The van der Waals surface area contributed by atoms with Gasteiger partial charge >= 0.3 is 0 Å². The summed E-state index contributed by atoms with van der Waals surface area (Å²) in [7, 11) is 0. The normalized spacial score (nSPS) is 18.0. The van der Waals surface area contributed by atoms with Crippen molar-refractivity contribution >= 4 is 41.7 Å². The third kappa shape index (κ3) is 6.17. The third-order valence-electron chi connectivity index (χ3n) is 3.94. The second kappa shape index (κ2) is 10.8. The Bertz CT molecular complexity index is 583. The van der Waals surface area contributed by atoms with Crippen LogP contribution in [0.1, 0.15) is 31.9 Å². The number of nitrogens with one attached hydrogen (secondary N) is 1. The minimum atomic E-state index is 0. The number of halogens is 1. The zero-order valence-corrected chi connectivity index (χ0v) is 17.8. The standard InChI is InChI=1S/C18H26N4S.HI/c1-4-20-18(22-8-9-23-17(13-22)14(2)3)21-12-16-7-5-6-15(10-16)11-19;/h5-7,10,14,17H,4,8-9,12-13H2,1-3H3,(H,20,21);1H. The van der Waals surface area contributed by atoms with Gasteiger partial charge < -0.3 is 10.2 Å². The average molecular weight is 458 g/mol. The minimum Gasteiger partial charge on any atom is -0.357 e. The summed E-state index contributed by atoms with van der Waals surface area (Å²) < 4.78 is 0. The Labute approximate surface area is 167 Å². The molecule has 1 aromatic carbocycles. The van der Waals surface area contributed by atoms with Crippen molar-refractivity contribution in [3.8, 4) is 6.07 Å². The lowest BCUT2D eigenvalue weighted by atomic mass is 10.1. The molecular weight excluding hydrogens is 431 g/mol. The molecule has 0 amide bonds. The highest BCUT2D eigenvalue weighted by molar-refractivity contribution is 14.0. The maximum absolute atomic E-state index is 9.00.